The van der Waals surface area contributed by atoms with Crippen molar-refractivity contribution < 1.29 is 0 Å². The van der Waals surface area contributed by atoms with E-state index in [4.69, 9.17) is 0 Å². The first-order chi connectivity index (χ1) is 6.79. The van der Waals surface area contributed by atoms with Crippen LogP contribution in [0.15, 0.2) is 12.1 Å². The van der Waals surface area contributed by atoms with Crippen LogP contribution in [0.5, 0.6) is 0 Å². The fourth-order valence-electron chi connectivity index (χ4n) is 1.65. The summed E-state index contributed by atoms with van der Waals surface area (Å²) in [7, 11) is 0.546. The third-order valence-corrected chi connectivity index (χ3v) is 6.19. The van der Waals surface area contributed by atoms with Crippen LogP contribution in [-0.4, -0.2) is 13.5 Å². The smallest absolute Gasteiger partial charge is 0.102 e. The van der Waals surface area contributed by atoms with Crippen LogP contribution in [0.2, 0.25) is 19.6 Å². The lowest BCUT2D eigenvalue weighted by Crippen LogP contribution is -2.09. The highest BCUT2D eigenvalue weighted by molar-refractivity contribution is 7.80. The predicted octanol–water partition coefficient (Wildman–Crippen LogP) is 4.54. The predicted molar refractivity (Wildman–Crippen MR) is 76.1 cm³/mol. The summed E-state index contributed by atoms with van der Waals surface area (Å²) in [6.45, 7) is 13.8. The van der Waals surface area contributed by atoms with Crippen molar-refractivity contribution in [2.45, 2.75) is 40.4 Å². The zero-order chi connectivity index (χ0) is 11.6. The van der Waals surface area contributed by atoms with Gasteiger partial charge in [0.25, 0.3) is 0 Å². The lowest BCUT2D eigenvalue weighted by molar-refractivity contribution is 1.31. The summed E-state index contributed by atoms with van der Waals surface area (Å²) in [5.74, 6) is 2.41. The highest BCUT2D eigenvalue weighted by Gasteiger charge is 2.09. The van der Waals surface area contributed by atoms with Crippen LogP contribution in [0, 0.1) is 20.8 Å². The first kappa shape index (κ1) is 12.7. The molecule has 0 aliphatic heterocycles. The van der Waals surface area contributed by atoms with E-state index in [2.05, 4.69) is 58.3 Å². The third kappa shape index (κ3) is 3.93. The van der Waals surface area contributed by atoms with Crippen molar-refractivity contribution in [3.05, 3.63) is 34.4 Å². The van der Waals surface area contributed by atoms with Crippen molar-refractivity contribution in [2.24, 2.45) is 0 Å². The maximum atomic E-state index is 2.41. The average molecular weight is 236 g/mol. The van der Waals surface area contributed by atoms with Crippen molar-refractivity contribution >= 4 is 21.3 Å². The van der Waals surface area contributed by atoms with Gasteiger partial charge in [-0.05, 0) is 43.3 Å². The molecule has 0 atom stereocenters. The van der Waals surface area contributed by atoms with Gasteiger partial charge in [-0.25, -0.2) is 0 Å². The second-order valence-corrected chi connectivity index (χ2v) is 14.9. The molecule has 0 saturated carbocycles. The molecule has 15 heavy (non-hydrogen) atoms. The van der Waals surface area contributed by atoms with Crippen LogP contribution in [0.4, 0.5) is 0 Å². The molecule has 1 rings (SSSR count). The summed E-state index contributed by atoms with van der Waals surface area (Å²) in [6, 6.07) is 4.55. The van der Waals surface area contributed by atoms with Crippen LogP contribution in [0.3, 0.4) is 0 Å². The van der Waals surface area contributed by atoms with E-state index in [1.165, 1.54) is 30.0 Å². The lowest BCUT2D eigenvalue weighted by Gasteiger charge is -2.10. The van der Waals surface area contributed by atoms with E-state index in [1.54, 1.807) is 0 Å². The minimum Gasteiger partial charge on any atom is -0.127 e. The molecule has 0 fully saturated rings. The van der Waals surface area contributed by atoms with Crippen LogP contribution < -0.4 is 0 Å². The molecular weight excluding hydrogens is 215 g/mol. The Morgan fingerprint density at radius 2 is 1.47 bits per heavy atom. The summed E-state index contributed by atoms with van der Waals surface area (Å²) in [6.07, 6.45) is 0. The molecule has 82 valence electrons. The van der Waals surface area contributed by atoms with Gasteiger partial charge < -0.3 is 0 Å². The molecule has 0 unspecified atom stereocenters. The van der Waals surface area contributed by atoms with Gasteiger partial charge in [-0.2, -0.15) is 0 Å². The highest BCUT2D eigenvalue weighted by Crippen LogP contribution is 2.21. The first-order valence-electron chi connectivity index (χ1n) is 5.43. The van der Waals surface area contributed by atoms with Crippen LogP contribution in [0.1, 0.15) is 22.3 Å². The van der Waals surface area contributed by atoms with Gasteiger partial charge in [0.1, 0.15) is 7.74 Å². The maximum Gasteiger partial charge on any atom is 0.102 e. The Hall–Kier alpha value is -0.393. The zero-order valence-corrected chi connectivity index (χ0v) is 12.6. The van der Waals surface area contributed by atoms with Gasteiger partial charge in [0.2, 0.25) is 0 Å². The van der Waals surface area contributed by atoms with Gasteiger partial charge in [-0.1, -0.05) is 37.3 Å². The Kier molecular flexibility index (Phi) is 3.91. The fraction of sp³-hybridized carbons (Fsp3) is 0.462. The molecule has 0 aromatic heterocycles. The summed E-state index contributed by atoms with van der Waals surface area (Å²) in [5, 5.41) is 0. The van der Waals surface area contributed by atoms with Crippen molar-refractivity contribution in [3.8, 4) is 0 Å². The number of benzene rings is 1. The standard InChI is InChI=1S/C13H21PSi/c1-10-7-11(2)13(12(3)8-10)9-14-15(4,5)6/h7-9H,1-6H3. The van der Waals surface area contributed by atoms with Crippen LogP contribution in [-0.2, 0) is 0 Å². The van der Waals surface area contributed by atoms with Gasteiger partial charge in [-0.3, -0.25) is 0 Å². The van der Waals surface area contributed by atoms with Gasteiger partial charge in [0, 0.05) is 0 Å². The zero-order valence-electron chi connectivity index (χ0n) is 10.7. The third-order valence-electron chi connectivity index (χ3n) is 2.32. The molecular formula is C13H21PSi. The largest absolute Gasteiger partial charge is 0.127 e. The molecule has 1 aromatic carbocycles. The molecule has 0 bridgehead atoms. The second kappa shape index (κ2) is 4.63. The van der Waals surface area contributed by atoms with Crippen LogP contribution in [0.25, 0.3) is 0 Å². The van der Waals surface area contributed by atoms with Crippen molar-refractivity contribution in [3.63, 3.8) is 0 Å². The van der Waals surface area contributed by atoms with Gasteiger partial charge in [-0.15, -0.1) is 7.75 Å². The van der Waals surface area contributed by atoms with E-state index in [0.29, 0.717) is 0 Å². The summed E-state index contributed by atoms with van der Waals surface area (Å²) < 4.78 is 0. The van der Waals surface area contributed by atoms with Crippen molar-refractivity contribution in [1.82, 2.24) is 0 Å². The van der Waals surface area contributed by atoms with E-state index in [-0.39, 0.29) is 0 Å². The number of hydrogen-bond acceptors (Lipinski definition) is 0. The van der Waals surface area contributed by atoms with E-state index < -0.39 is 7.74 Å². The minimum atomic E-state index is -0.983. The maximum absolute atomic E-state index is 2.41. The molecule has 0 heterocycles. The highest BCUT2D eigenvalue weighted by atomic mass is 31.3. The quantitative estimate of drug-likeness (QED) is 0.522. The Bertz CT molecular complexity index is 363. The van der Waals surface area contributed by atoms with E-state index >= 15 is 0 Å². The minimum absolute atomic E-state index is 0.983. The Morgan fingerprint density at radius 3 is 1.87 bits per heavy atom. The van der Waals surface area contributed by atoms with Gasteiger partial charge in [0.05, 0.1) is 0 Å². The SMILES string of the molecule is Cc1cc(C)c(C=P[Si](C)(C)C)c(C)c1. The van der Waals surface area contributed by atoms with E-state index in [0.717, 1.165) is 0 Å². The number of hydrogen-bond donors (Lipinski definition) is 0. The van der Waals surface area contributed by atoms with E-state index in [1.807, 2.05) is 0 Å². The Labute approximate surface area is 96.4 Å². The summed E-state index contributed by atoms with van der Waals surface area (Å²) in [5.41, 5.74) is 5.65. The molecule has 0 N–H and O–H groups in total. The summed E-state index contributed by atoms with van der Waals surface area (Å²) >= 11 is 0. The molecule has 1 aromatic rings. The molecule has 0 spiro atoms. The van der Waals surface area contributed by atoms with Gasteiger partial charge in [0.15, 0.2) is 0 Å². The topological polar surface area (TPSA) is 0 Å². The Morgan fingerprint density at radius 1 is 1.00 bits per heavy atom. The Balaban J connectivity index is 3.11. The second-order valence-electron chi connectivity index (χ2n) is 5.24. The first-order valence-corrected chi connectivity index (χ1v) is 10.7. The number of aryl methyl sites for hydroxylation is 3. The molecule has 2 heteroatoms. The normalized spacial score (nSPS) is 12.4. The van der Waals surface area contributed by atoms with Gasteiger partial charge >= 0.3 is 0 Å². The molecule has 0 amide bonds. The van der Waals surface area contributed by atoms with Crippen LogP contribution >= 0.6 is 7.75 Å². The fourth-order valence-corrected chi connectivity index (χ4v) is 4.13. The lowest BCUT2D eigenvalue weighted by atomic mass is 10.0. The monoisotopic (exact) mass is 236 g/mol. The molecule has 0 nitrogen and oxygen atoms in total. The summed E-state index contributed by atoms with van der Waals surface area (Å²) in [4.78, 5) is 0. The molecule has 0 saturated heterocycles. The molecule has 0 radical (unpaired) electrons. The average Bonchev–Trinajstić information content (AvgIpc) is 1.99. The molecule has 0 aliphatic carbocycles. The number of rotatable bonds is 2. The molecule has 0 aliphatic rings. The van der Waals surface area contributed by atoms with Crippen molar-refractivity contribution in [2.75, 3.05) is 0 Å². The van der Waals surface area contributed by atoms with E-state index in [9.17, 15) is 0 Å². The van der Waals surface area contributed by atoms with Crippen molar-refractivity contribution in [1.29, 1.82) is 0 Å².